The molecule has 0 aliphatic rings. The number of nitrogens with zero attached hydrogens (tertiary/aromatic N) is 1. The highest BCUT2D eigenvalue weighted by atomic mass is 16.5. The molecule has 4 aromatic rings. The average molecular weight is 370 g/mol. The summed E-state index contributed by atoms with van der Waals surface area (Å²) in [6.45, 7) is 0.276. The molecule has 5 nitrogen and oxygen atoms in total. The van der Waals surface area contributed by atoms with Crippen molar-refractivity contribution in [1.29, 1.82) is 0 Å². The van der Waals surface area contributed by atoms with E-state index in [4.69, 9.17) is 4.74 Å². The Hall–Kier alpha value is -3.86. The summed E-state index contributed by atoms with van der Waals surface area (Å²) in [6.07, 6.45) is 3.39. The SMILES string of the molecule is O=C(O)c1ccc(Nc2cccnc2)cc1OCc1cccc2ccccc12. The fourth-order valence-corrected chi connectivity index (χ4v) is 3.07. The summed E-state index contributed by atoms with van der Waals surface area (Å²) >= 11 is 0. The first-order valence-electron chi connectivity index (χ1n) is 8.84. The second kappa shape index (κ2) is 7.80. The number of fused-ring (bicyclic) bond motifs is 1. The van der Waals surface area contributed by atoms with E-state index in [9.17, 15) is 9.90 Å². The molecule has 138 valence electrons. The van der Waals surface area contributed by atoms with Gasteiger partial charge in [0.05, 0.1) is 11.9 Å². The minimum Gasteiger partial charge on any atom is -0.488 e. The van der Waals surface area contributed by atoms with E-state index in [2.05, 4.69) is 10.3 Å². The summed E-state index contributed by atoms with van der Waals surface area (Å²) in [5.41, 5.74) is 2.66. The number of anilines is 2. The molecule has 4 rings (SSSR count). The van der Waals surface area contributed by atoms with Gasteiger partial charge in [-0.2, -0.15) is 0 Å². The molecule has 0 unspecified atom stereocenters. The molecule has 5 heteroatoms. The number of carboxylic acids is 1. The quantitative estimate of drug-likeness (QED) is 0.485. The third-order valence-electron chi connectivity index (χ3n) is 4.43. The Morgan fingerprint density at radius 1 is 0.964 bits per heavy atom. The first-order valence-corrected chi connectivity index (χ1v) is 8.84. The van der Waals surface area contributed by atoms with Crippen molar-refractivity contribution >= 4 is 28.1 Å². The van der Waals surface area contributed by atoms with Gasteiger partial charge in [0.15, 0.2) is 0 Å². The van der Waals surface area contributed by atoms with Crippen LogP contribution in [0.15, 0.2) is 85.2 Å². The maximum atomic E-state index is 11.6. The summed E-state index contributed by atoms with van der Waals surface area (Å²) in [5, 5.41) is 14.9. The van der Waals surface area contributed by atoms with Gasteiger partial charge in [0, 0.05) is 18.0 Å². The van der Waals surface area contributed by atoms with Crippen LogP contribution in [0.4, 0.5) is 11.4 Å². The first-order chi connectivity index (χ1) is 13.7. The van der Waals surface area contributed by atoms with Gasteiger partial charge >= 0.3 is 5.97 Å². The average Bonchev–Trinajstić information content (AvgIpc) is 2.73. The summed E-state index contributed by atoms with van der Waals surface area (Å²) in [4.78, 5) is 15.7. The Bertz CT molecular complexity index is 1120. The Labute approximate surface area is 162 Å². The van der Waals surface area contributed by atoms with E-state index in [-0.39, 0.29) is 12.2 Å². The molecule has 0 bridgehead atoms. The lowest BCUT2D eigenvalue weighted by Crippen LogP contribution is -2.04. The van der Waals surface area contributed by atoms with Gasteiger partial charge in [0.25, 0.3) is 0 Å². The number of hydrogen-bond donors (Lipinski definition) is 2. The van der Waals surface area contributed by atoms with Crippen molar-refractivity contribution < 1.29 is 14.6 Å². The molecule has 0 amide bonds. The number of carbonyl (C=O) groups is 1. The number of nitrogens with one attached hydrogen (secondary N) is 1. The molecule has 0 atom stereocenters. The number of hydrogen-bond acceptors (Lipinski definition) is 4. The Morgan fingerprint density at radius 2 is 1.82 bits per heavy atom. The topological polar surface area (TPSA) is 71.5 Å². The smallest absolute Gasteiger partial charge is 0.339 e. The predicted octanol–water partition coefficient (Wildman–Crippen LogP) is 5.26. The third-order valence-corrected chi connectivity index (χ3v) is 4.43. The third kappa shape index (κ3) is 3.78. The largest absolute Gasteiger partial charge is 0.488 e. The first kappa shape index (κ1) is 17.5. The van der Waals surface area contributed by atoms with E-state index in [1.165, 1.54) is 0 Å². The number of aromatic nitrogens is 1. The molecule has 3 aromatic carbocycles. The van der Waals surface area contributed by atoms with E-state index >= 15 is 0 Å². The van der Waals surface area contributed by atoms with Crippen molar-refractivity contribution in [3.63, 3.8) is 0 Å². The van der Waals surface area contributed by atoms with E-state index in [1.807, 2.05) is 54.6 Å². The zero-order chi connectivity index (χ0) is 19.3. The minimum atomic E-state index is -1.03. The van der Waals surface area contributed by atoms with Gasteiger partial charge < -0.3 is 15.2 Å². The lowest BCUT2D eigenvalue weighted by atomic mass is 10.1. The van der Waals surface area contributed by atoms with Gasteiger partial charge in [-0.1, -0.05) is 42.5 Å². The second-order valence-corrected chi connectivity index (χ2v) is 6.31. The van der Waals surface area contributed by atoms with Gasteiger partial charge in [0.2, 0.25) is 0 Å². The van der Waals surface area contributed by atoms with Crippen LogP contribution in [-0.2, 0) is 6.61 Å². The number of pyridine rings is 1. The molecule has 0 saturated carbocycles. The summed E-state index contributed by atoms with van der Waals surface area (Å²) in [6, 6.07) is 22.7. The summed E-state index contributed by atoms with van der Waals surface area (Å²) in [7, 11) is 0. The molecule has 0 aliphatic carbocycles. The predicted molar refractivity (Wildman–Crippen MR) is 109 cm³/mol. The molecule has 0 aliphatic heterocycles. The lowest BCUT2D eigenvalue weighted by molar-refractivity contribution is 0.0692. The van der Waals surface area contributed by atoms with Gasteiger partial charge in [-0.05, 0) is 40.6 Å². The van der Waals surface area contributed by atoms with Crippen LogP contribution in [0.5, 0.6) is 5.75 Å². The van der Waals surface area contributed by atoms with Crippen LogP contribution in [-0.4, -0.2) is 16.1 Å². The van der Waals surface area contributed by atoms with Crippen LogP contribution in [0.2, 0.25) is 0 Å². The van der Waals surface area contributed by atoms with Gasteiger partial charge in [0.1, 0.15) is 17.9 Å². The van der Waals surface area contributed by atoms with Crippen molar-refractivity contribution in [2.24, 2.45) is 0 Å². The standard InChI is InChI=1S/C23H18N2O3/c26-23(27)21-11-10-18(25-19-8-4-12-24-14-19)13-22(21)28-15-17-7-3-6-16-5-1-2-9-20(16)17/h1-14,25H,15H2,(H,26,27). The Kier molecular flexibility index (Phi) is 4.89. The Morgan fingerprint density at radius 3 is 2.64 bits per heavy atom. The van der Waals surface area contributed by atoms with E-state index < -0.39 is 5.97 Å². The van der Waals surface area contributed by atoms with Gasteiger partial charge in [-0.25, -0.2) is 4.79 Å². The van der Waals surface area contributed by atoms with Crippen LogP contribution < -0.4 is 10.1 Å². The second-order valence-electron chi connectivity index (χ2n) is 6.31. The van der Waals surface area contributed by atoms with Crippen molar-refractivity contribution in [2.45, 2.75) is 6.61 Å². The van der Waals surface area contributed by atoms with Crippen molar-refractivity contribution in [3.8, 4) is 5.75 Å². The lowest BCUT2D eigenvalue weighted by Gasteiger charge is -2.13. The van der Waals surface area contributed by atoms with Crippen molar-refractivity contribution in [3.05, 3.63) is 96.3 Å². The number of ether oxygens (including phenoxy) is 1. The van der Waals surface area contributed by atoms with Gasteiger partial charge in [-0.15, -0.1) is 0 Å². The fourth-order valence-electron chi connectivity index (χ4n) is 3.07. The molecule has 0 spiro atoms. The highest BCUT2D eigenvalue weighted by Gasteiger charge is 2.13. The zero-order valence-corrected chi connectivity index (χ0v) is 15.0. The van der Waals surface area contributed by atoms with Crippen LogP contribution in [0.3, 0.4) is 0 Å². The molecule has 1 aromatic heterocycles. The normalized spacial score (nSPS) is 10.6. The number of carboxylic acid groups (broad SMARTS) is 1. The number of aromatic carboxylic acids is 1. The van der Waals surface area contributed by atoms with Crippen LogP contribution in [0, 0.1) is 0 Å². The van der Waals surface area contributed by atoms with Crippen LogP contribution in [0.25, 0.3) is 10.8 Å². The molecule has 0 saturated heterocycles. The molecular formula is C23H18N2O3. The molecule has 0 radical (unpaired) electrons. The monoisotopic (exact) mass is 370 g/mol. The van der Waals surface area contributed by atoms with Crippen molar-refractivity contribution in [2.75, 3.05) is 5.32 Å². The van der Waals surface area contributed by atoms with Crippen molar-refractivity contribution in [1.82, 2.24) is 4.98 Å². The highest BCUT2D eigenvalue weighted by molar-refractivity contribution is 5.92. The molecule has 0 fully saturated rings. The van der Waals surface area contributed by atoms with E-state index in [1.54, 1.807) is 30.6 Å². The number of rotatable bonds is 6. The van der Waals surface area contributed by atoms with Gasteiger partial charge in [-0.3, -0.25) is 4.98 Å². The highest BCUT2D eigenvalue weighted by Crippen LogP contribution is 2.27. The van der Waals surface area contributed by atoms with Crippen LogP contribution in [0.1, 0.15) is 15.9 Å². The molecule has 2 N–H and O–H groups in total. The fraction of sp³-hybridized carbons (Fsp3) is 0.0435. The zero-order valence-electron chi connectivity index (χ0n) is 15.0. The maximum Gasteiger partial charge on any atom is 0.339 e. The molecular weight excluding hydrogens is 352 g/mol. The minimum absolute atomic E-state index is 0.122. The van der Waals surface area contributed by atoms with Crippen LogP contribution >= 0.6 is 0 Å². The van der Waals surface area contributed by atoms with E-state index in [0.717, 1.165) is 27.7 Å². The maximum absolute atomic E-state index is 11.6. The molecule has 28 heavy (non-hydrogen) atoms. The Balaban J connectivity index is 1.61. The number of benzene rings is 3. The van der Waals surface area contributed by atoms with E-state index in [0.29, 0.717) is 5.75 Å². The molecule has 1 heterocycles. The summed E-state index contributed by atoms with van der Waals surface area (Å²) < 4.78 is 5.93. The summed E-state index contributed by atoms with van der Waals surface area (Å²) in [5.74, 6) is -0.713.